The molecule has 13 heteroatoms. The number of hydrogen-bond donors (Lipinski definition) is 0. The molecule has 2 aliphatic rings. The quantitative estimate of drug-likeness (QED) is 0.316. The number of ether oxygens (including phenoxy) is 3. The van der Waals surface area contributed by atoms with E-state index in [0.717, 1.165) is 40.4 Å². The molecule has 3 heterocycles. The van der Waals surface area contributed by atoms with Crippen LogP contribution in [0.3, 0.4) is 0 Å². The highest BCUT2D eigenvalue weighted by molar-refractivity contribution is 7.12. The molecule has 2 amide bonds. The van der Waals surface area contributed by atoms with Gasteiger partial charge in [0.05, 0.1) is 49.6 Å². The molecule has 234 valence electrons. The van der Waals surface area contributed by atoms with Crippen molar-refractivity contribution in [2.24, 2.45) is 5.10 Å². The monoisotopic (exact) mass is 630 g/mol. The molecule has 2 aromatic carbocycles. The Kier molecular flexibility index (Phi) is 9.87. The van der Waals surface area contributed by atoms with Crippen LogP contribution in [0.4, 0.5) is 13.2 Å². The van der Waals surface area contributed by atoms with E-state index in [2.05, 4.69) is 4.90 Å². The summed E-state index contributed by atoms with van der Waals surface area (Å²) in [5.41, 5.74) is 0.728. The zero-order chi connectivity index (χ0) is 31.3. The third kappa shape index (κ3) is 7.22. The zero-order valence-electron chi connectivity index (χ0n) is 24.4. The van der Waals surface area contributed by atoms with E-state index in [1.54, 1.807) is 19.2 Å². The highest BCUT2D eigenvalue weighted by Crippen LogP contribution is 2.38. The molecule has 0 radical (unpaired) electrons. The molecule has 1 fully saturated rings. The maximum absolute atomic E-state index is 14.0. The summed E-state index contributed by atoms with van der Waals surface area (Å²) in [5, 5.41) is 8.04. The van der Waals surface area contributed by atoms with E-state index in [4.69, 9.17) is 19.3 Å². The Morgan fingerprint density at radius 3 is 2.41 bits per heavy atom. The number of halogens is 3. The molecule has 44 heavy (non-hydrogen) atoms. The lowest BCUT2D eigenvalue weighted by molar-refractivity contribution is -0.137. The molecule has 0 bridgehead atoms. The summed E-state index contributed by atoms with van der Waals surface area (Å²) < 4.78 is 55.8. The topological polar surface area (TPSA) is 83.9 Å². The first-order valence-electron chi connectivity index (χ1n) is 14.1. The largest absolute Gasteiger partial charge is 0.493 e. The minimum absolute atomic E-state index is 0.0633. The molecular formula is C31H33F3N4O5S. The second-order valence-electron chi connectivity index (χ2n) is 10.4. The molecule has 0 saturated carbocycles. The summed E-state index contributed by atoms with van der Waals surface area (Å²) in [5.74, 6) is 0.0952. The third-order valence-electron chi connectivity index (χ3n) is 7.63. The Morgan fingerprint density at radius 2 is 1.77 bits per heavy atom. The van der Waals surface area contributed by atoms with Crippen LogP contribution in [-0.4, -0.2) is 92.5 Å². The number of thiophene rings is 1. The molecule has 2 aliphatic heterocycles. The second-order valence-corrected chi connectivity index (χ2v) is 11.3. The van der Waals surface area contributed by atoms with E-state index in [-0.39, 0.29) is 18.7 Å². The number of hydrogen-bond acceptors (Lipinski definition) is 8. The number of nitrogens with zero attached hydrogens (tertiary/aromatic N) is 4. The van der Waals surface area contributed by atoms with Gasteiger partial charge < -0.3 is 19.1 Å². The van der Waals surface area contributed by atoms with Gasteiger partial charge in [-0.05, 0) is 53.4 Å². The van der Waals surface area contributed by atoms with Crippen LogP contribution >= 0.6 is 11.3 Å². The maximum atomic E-state index is 14.0. The molecule has 1 saturated heterocycles. The van der Waals surface area contributed by atoms with E-state index in [9.17, 15) is 22.8 Å². The highest BCUT2D eigenvalue weighted by Gasteiger charge is 2.36. The second kappa shape index (κ2) is 13.8. The molecule has 3 aromatic rings. The number of carbonyl (C=O) groups excluding carboxylic acids is 2. The fourth-order valence-corrected chi connectivity index (χ4v) is 5.93. The summed E-state index contributed by atoms with van der Waals surface area (Å²) in [4.78, 5) is 32.1. The summed E-state index contributed by atoms with van der Waals surface area (Å²) in [6.45, 7) is 2.85. The van der Waals surface area contributed by atoms with Crippen LogP contribution in [0, 0.1) is 0 Å². The predicted octanol–water partition coefficient (Wildman–Crippen LogP) is 4.94. The fourth-order valence-electron chi connectivity index (χ4n) is 5.21. The molecule has 9 nitrogen and oxygen atoms in total. The Morgan fingerprint density at radius 1 is 1.05 bits per heavy atom. The van der Waals surface area contributed by atoms with E-state index in [1.165, 1.54) is 28.4 Å². The Bertz CT molecular complexity index is 1470. The Balaban J connectivity index is 1.42. The molecule has 0 N–H and O–H groups in total. The van der Waals surface area contributed by atoms with Gasteiger partial charge in [-0.25, -0.2) is 5.01 Å². The van der Waals surface area contributed by atoms with Crippen molar-refractivity contribution in [2.45, 2.75) is 18.6 Å². The number of carbonyl (C=O) groups is 2. The third-order valence-corrected chi connectivity index (χ3v) is 8.55. The summed E-state index contributed by atoms with van der Waals surface area (Å²) in [6, 6.07) is 12.8. The van der Waals surface area contributed by atoms with E-state index in [1.807, 2.05) is 23.6 Å². The van der Waals surface area contributed by atoms with Gasteiger partial charge in [-0.15, -0.1) is 11.3 Å². The first-order chi connectivity index (χ1) is 21.2. The lowest BCUT2D eigenvalue weighted by Gasteiger charge is -2.31. The lowest BCUT2D eigenvalue weighted by atomic mass is 10.0. The van der Waals surface area contributed by atoms with Crippen LogP contribution in [0.2, 0.25) is 0 Å². The fraction of sp³-hybridized carbons (Fsp3) is 0.387. The van der Waals surface area contributed by atoms with Crippen molar-refractivity contribution >= 4 is 28.9 Å². The lowest BCUT2D eigenvalue weighted by Crippen LogP contribution is -2.46. The normalized spacial score (nSPS) is 17.3. The van der Waals surface area contributed by atoms with Crippen LogP contribution in [0.25, 0.3) is 0 Å². The van der Waals surface area contributed by atoms with Crippen LogP contribution in [0.5, 0.6) is 11.5 Å². The number of benzene rings is 2. The van der Waals surface area contributed by atoms with Crippen LogP contribution in [-0.2, 0) is 15.7 Å². The smallest absolute Gasteiger partial charge is 0.416 e. The van der Waals surface area contributed by atoms with Crippen molar-refractivity contribution in [3.05, 3.63) is 81.5 Å². The van der Waals surface area contributed by atoms with Crippen molar-refractivity contribution in [1.29, 1.82) is 0 Å². The van der Waals surface area contributed by atoms with Gasteiger partial charge in [0.2, 0.25) is 0 Å². The number of rotatable bonds is 10. The van der Waals surface area contributed by atoms with Gasteiger partial charge in [0, 0.05) is 38.2 Å². The van der Waals surface area contributed by atoms with Gasteiger partial charge in [-0.1, -0.05) is 12.1 Å². The summed E-state index contributed by atoms with van der Waals surface area (Å²) >= 11 is 1.51. The number of morpholine rings is 1. The maximum Gasteiger partial charge on any atom is 0.416 e. The molecule has 0 spiro atoms. The Labute approximate surface area is 257 Å². The van der Waals surface area contributed by atoms with Crippen molar-refractivity contribution in [3.63, 3.8) is 0 Å². The predicted molar refractivity (Wildman–Crippen MR) is 159 cm³/mol. The van der Waals surface area contributed by atoms with Gasteiger partial charge in [-0.3, -0.25) is 14.5 Å². The van der Waals surface area contributed by atoms with Crippen molar-refractivity contribution in [2.75, 3.05) is 60.2 Å². The molecule has 1 atom stereocenters. The Hall–Kier alpha value is -3.94. The minimum Gasteiger partial charge on any atom is -0.493 e. The number of amides is 2. The van der Waals surface area contributed by atoms with Crippen LogP contribution in [0.15, 0.2) is 65.1 Å². The molecular weight excluding hydrogens is 597 g/mol. The highest BCUT2D eigenvalue weighted by atomic mass is 32.1. The number of alkyl halides is 3. The van der Waals surface area contributed by atoms with Crippen molar-refractivity contribution < 1.29 is 37.0 Å². The van der Waals surface area contributed by atoms with E-state index in [0.29, 0.717) is 50.8 Å². The number of methoxy groups -OCH3 is 2. The van der Waals surface area contributed by atoms with Gasteiger partial charge >= 0.3 is 6.18 Å². The van der Waals surface area contributed by atoms with Gasteiger partial charge in [-0.2, -0.15) is 18.3 Å². The van der Waals surface area contributed by atoms with Crippen LogP contribution in [0.1, 0.15) is 38.8 Å². The van der Waals surface area contributed by atoms with Gasteiger partial charge in [0.15, 0.2) is 11.5 Å². The van der Waals surface area contributed by atoms with Crippen molar-refractivity contribution in [3.8, 4) is 11.5 Å². The first-order valence-corrected chi connectivity index (χ1v) is 15.0. The standard InChI is InChI=1S/C31H33F3N4O5S/c1-41-26-10-7-22(18-27(26)42-2)25-19-24(28-4-3-17-44-28)35-38(25)29(39)20-37(12-11-36-13-15-43-16-14-36)30(40)21-5-8-23(9-6-21)31(32,33)34/h3-10,17-18,25H,11-16,19-20H2,1-2H3/t25-/m0/s1. The van der Waals surface area contributed by atoms with Crippen LogP contribution < -0.4 is 9.47 Å². The summed E-state index contributed by atoms with van der Waals surface area (Å²) in [6.07, 6.45) is -4.08. The number of hydrazone groups is 1. The minimum atomic E-state index is -4.53. The molecule has 1 aromatic heterocycles. The van der Waals surface area contributed by atoms with E-state index < -0.39 is 29.6 Å². The van der Waals surface area contributed by atoms with Crippen molar-refractivity contribution in [1.82, 2.24) is 14.8 Å². The SMILES string of the molecule is COc1ccc([C@@H]2CC(c3cccs3)=NN2C(=O)CN(CCN2CCOCC2)C(=O)c2ccc(C(F)(F)F)cc2)cc1OC. The molecule has 5 rings (SSSR count). The summed E-state index contributed by atoms with van der Waals surface area (Å²) in [7, 11) is 3.08. The average molecular weight is 631 g/mol. The first kappa shape index (κ1) is 31.5. The zero-order valence-corrected chi connectivity index (χ0v) is 25.2. The molecule has 0 unspecified atom stereocenters. The molecule has 0 aliphatic carbocycles. The van der Waals surface area contributed by atoms with Gasteiger partial charge in [0.1, 0.15) is 6.54 Å². The van der Waals surface area contributed by atoms with E-state index >= 15 is 0 Å². The van der Waals surface area contributed by atoms with Gasteiger partial charge in [0.25, 0.3) is 11.8 Å². The average Bonchev–Trinajstić information content (AvgIpc) is 3.73.